The first-order valence-corrected chi connectivity index (χ1v) is 8.75. The molecule has 0 radical (unpaired) electrons. The minimum absolute atomic E-state index is 0.122. The van der Waals surface area contributed by atoms with Gasteiger partial charge in [0, 0.05) is 5.56 Å². The number of benzene rings is 2. The number of amides is 1. The molecule has 132 valence electrons. The summed E-state index contributed by atoms with van der Waals surface area (Å²) < 4.78 is 5.45. The monoisotopic (exact) mass is 378 g/mol. The summed E-state index contributed by atoms with van der Waals surface area (Å²) in [6.07, 6.45) is 2.52. The maximum absolute atomic E-state index is 11.8. The van der Waals surface area contributed by atoms with Crippen LogP contribution in [0.5, 0.6) is 5.75 Å². The van der Waals surface area contributed by atoms with Crippen molar-refractivity contribution in [1.29, 1.82) is 0 Å². The summed E-state index contributed by atoms with van der Waals surface area (Å²) in [7, 11) is 0. The van der Waals surface area contributed by atoms with E-state index in [4.69, 9.17) is 27.9 Å². The van der Waals surface area contributed by atoms with Gasteiger partial charge in [-0.05, 0) is 36.1 Å². The molecule has 1 atom stereocenters. The maximum Gasteiger partial charge on any atom is 0.277 e. The van der Waals surface area contributed by atoms with E-state index in [1.54, 1.807) is 18.2 Å². The van der Waals surface area contributed by atoms with Crippen molar-refractivity contribution in [3.8, 4) is 5.75 Å². The highest BCUT2D eigenvalue weighted by molar-refractivity contribution is 6.43. The Labute approximate surface area is 157 Å². The van der Waals surface area contributed by atoms with E-state index in [2.05, 4.69) is 24.4 Å². The van der Waals surface area contributed by atoms with E-state index in [9.17, 15) is 4.79 Å². The highest BCUT2D eigenvalue weighted by Crippen LogP contribution is 2.24. The molecule has 0 aromatic heterocycles. The molecule has 2 aromatic carbocycles. The Balaban J connectivity index is 1.82. The second-order valence-electron chi connectivity index (χ2n) is 5.60. The molecular weight excluding hydrogens is 359 g/mol. The largest absolute Gasteiger partial charge is 0.484 e. The average Bonchev–Trinajstić information content (AvgIpc) is 2.63. The Bertz CT molecular complexity index is 746. The average molecular weight is 379 g/mol. The number of halogens is 2. The first-order chi connectivity index (χ1) is 12.0. The predicted molar refractivity (Wildman–Crippen MR) is 103 cm³/mol. The van der Waals surface area contributed by atoms with E-state index in [0.29, 0.717) is 27.3 Å². The lowest BCUT2D eigenvalue weighted by Gasteiger charge is -2.10. The van der Waals surface area contributed by atoms with E-state index in [1.807, 2.05) is 24.3 Å². The van der Waals surface area contributed by atoms with E-state index >= 15 is 0 Å². The summed E-state index contributed by atoms with van der Waals surface area (Å²) in [6, 6.07) is 12.9. The number of nitrogens with one attached hydrogen (secondary N) is 1. The van der Waals surface area contributed by atoms with Gasteiger partial charge in [-0.3, -0.25) is 4.79 Å². The van der Waals surface area contributed by atoms with Gasteiger partial charge in [0.25, 0.3) is 5.91 Å². The molecule has 4 nitrogen and oxygen atoms in total. The molecule has 0 aliphatic rings. The van der Waals surface area contributed by atoms with Crippen LogP contribution in [0.3, 0.4) is 0 Å². The lowest BCUT2D eigenvalue weighted by atomic mass is 9.99. The molecule has 25 heavy (non-hydrogen) atoms. The molecule has 0 aliphatic heterocycles. The molecule has 6 heteroatoms. The number of carbonyl (C=O) groups excluding carboxylic acids is 1. The molecule has 0 fully saturated rings. The number of carbonyl (C=O) groups is 1. The van der Waals surface area contributed by atoms with Crippen LogP contribution in [0.4, 0.5) is 0 Å². The number of nitrogens with zero attached hydrogens (tertiary/aromatic N) is 1. The fraction of sp³-hybridized carbons (Fsp3) is 0.263. The second-order valence-corrected chi connectivity index (χ2v) is 6.39. The lowest BCUT2D eigenvalue weighted by Crippen LogP contribution is -2.24. The zero-order chi connectivity index (χ0) is 18.2. The minimum atomic E-state index is -0.361. The van der Waals surface area contributed by atoms with E-state index in [1.165, 1.54) is 11.8 Å². The predicted octanol–water partition coefficient (Wildman–Crippen LogP) is 5.04. The number of hydrogen-bond acceptors (Lipinski definition) is 3. The SMILES string of the molecule is CC[C@@H](C)c1ccc(OCC(=O)N/N=C\c2cccc(Cl)c2Cl)cc1. The van der Waals surface area contributed by atoms with Gasteiger partial charge in [0.05, 0.1) is 16.3 Å². The van der Waals surface area contributed by atoms with Crippen molar-refractivity contribution in [1.82, 2.24) is 5.43 Å². The number of rotatable bonds is 7. The summed E-state index contributed by atoms with van der Waals surface area (Å²) in [5, 5.41) is 4.68. The standard InChI is InChI=1S/C19H20Cl2N2O2/c1-3-13(2)14-7-9-16(10-8-14)25-12-18(24)23-22-11-15-5-4-6-17(20)19(15)21/h4-11,13H,3,12H2,1-2H3,(H,23,24)/b22-11-/t13-/m1/s1. The van der Waals surface area contributed by atoms with Gasteiger partial charge < -0.3 is 4.74 Å². The van der Waals surface area contributed by atoms with Gasteiger partial charge in [-0.25, -0.2) is 5.43 Å². The van der Waals surface area contributed by atoms with Gasteiger partial charge in [-0.2, -0.15) is 5.10 Å². The third kappa shape index (κ3) is 5.76. The molecular formula is C19H20Cl2N2O2. The highest BCUT2D eigenvalue weighted by Gasteiger charge is 2.05. The summed E-state index contributed by atoms with van der Waals surface area (Å²) in [5.41, 5.74) is 4.26. The molecule has 0 aliphatic carbocycles. The first kappa shape index (κ1) is 19.3. The van der Waals surface area contributed by atoms with Crippen molar-refractivity contribution in [2.45, 2.75) is 26.2 Å². The normalized spacial score (nSPS) is 12.2. The third-order valence-corrected chi connectivity index (χ3v) is 4.64. The Morgan fingerprint density at radius 2 is 1.96 bits per heavy atom. The van der Waals surface area contributed by atoms with E-state index in [-0.39, 0.29) is 12.5 Å². The van der Waals surface area contributed by atoms with Crippen molar-refractivity contribution < 1.29 is 9.53 Å². The number of ether oxygens (including phenoxy) is 1. The zero-order valence-electron chi connectivity index (χ0n) is 14.1. The Morgan fingerprint density at radius 1 is 1.24 bits per heavy atom. The van der Waals surface area contributed by atoms with Crippen LogP contribution in [0.1, 0.15) is 37.3 Å². The molecule has 0 bridgehead atoms. The van der Waals surface area contributed by atoms with Crippen molar-refractivity contribution in [2.24, 2.45) is 5.10 Å². The first-order valence-electron chi connectivity index (χ1n) is 8.00. The van der Waals surface area contributed by atoms with Crippen LogP contribution in [-0.4, -0.2) is 18.7 Å². The molecule has 0 heterocycles. The van der Waals surface area contributed by atoms with Gasteiger partial charge in [0.1, 0.15) is 5.75 Å². The Morgan fingerprint density at radius 3 is 2.64 bits per heavy atom. The summed E-state index contributed by atoms with van der Waals surface area (Å²) in [4.78, 5) is 11.8. The second kappa shape index (κ2) is 9.44. The number of hydrogen-bond donors (Lipinski definition) is 1. The quantitative estimate of drug-likeness (QED) is 0.542. The highest BCUT2D eigenvalue weighted by atomic mass is 35.5. The molecule has 2 rings (SSSR count). The molecule has 1 N–H and O–H groups in total. The van der Waals surface area contributed by atoms with Gasteiger partial charge in [0.15, 0.2) is 6.61 Å². The van der Waals surface area contributed by atoms with Crippen LogP contribution in [0.2, 0.25) is 10.0 Å². The van der Waals surface area contributed by atoms with Crippen molar-refractivity contribution >= 4 is 35.3 Å². The van der Waals surface area contributed by atoms with E-state index < -0.39 is 0 Å². The zero-order valence-corrected chi connectivity index (χ0v) is 15.6. The van der Waals surface area contributed by atoms with Crippen LogP contribution >= 0.6 is 23.2 Å². The van der Waals surface area contributed by atoms with Crippen LogP contribution in [-0.2, 0) is 4.79 Å². The van der Waals surface area contributed by atoms with Gasteiger partial charge in [-0.1, -0.05) is 61.3 Å². The third-order valence-electron chi connectivity index (χ3n) is 3.81. The van der Waals surface area contributed by atoms with Crippen molar-refractivity contribution in [2.75, 3.05) is 6.61 Å². The summed E-state index contributed by atoms with van der Waals surface area (Å²) >= 11 is 11.9. The van der Waals surface area contributed by atoms with Crippen LogP contribution in [0.15, 0.2) is 47.6 Å². The molecule has 0 spiro atoms. The molecule has 1 amide bonds. The smallest absolute Gasteiger partial charge is 0.277 e. The van der Waals surface area contributed by atoms with Crippen LogP contribution in [0.25, 0.3) is 0 Å². The lowest BCUT2D eigenvalue weighted by molar-refractivity contribution is -0.123. The summed E-state index contributed by atoms with van der Waals surface area (Å²) in [6.45, 7) is 4.20. The van der Waals surface area contributed by atoms with Crippen LogP contribution < -0.4 is 10.2 Å². The van der Waals surface area contributed by atoms with Gasteiger partial charge in [-0.15, -0.1) is 0 Å². The van der Waals surface area contributed by atoms with Crippen molar-refractivity contribution in [3.05, 3.63) is 63.6 Å². The van der Waals surface area contributed by atoms with Crippen LogP contribution in [0, 0.1) is 0 Å². The fourth-order valence-corrected chi connectivity index (χ4v) is 2.46. The van der Waals surface area contributed by atoms with Gasteiger partial charge in [0.2, 0.25) is 0 Å². The Kier molecular flexibility index (Phi) is 7.29. The minimum Gasteiger partial charge on any atom is -0.484 e. The van der Waals surface area contributed by atoms with Crippen molar-refractivity contribution in [3.63, 3.8) is 0 Å². The molecule has 2 aromatic rings. The van der Waals surface area contributed by atoms with Gasteiger partial charge >= 0.3 is 0 Å². The molecule has 0 saturated heterocycles. The molecule has 0 saturated carbocycles. The topological polar surface area (TPSA) is 50.7 Å². The fourth-order valence-electron chi connectivity index (χ4n) is 2.10. The molecule has 0 unspecified atom stereocenters. The number of hydrazone groups is 1. The Hall–Kier alpha value is -2.04. The summed E-state index contributed by atoms with van der Waals surface area (Å²) in [5.74, 6) is 0.787. The van der Waals surface area contributed by atoms with E-state index in [0.717, 1.165) is 6.42 Å². The maximum atomic E-state index is 11.8.